The lowest BCUT2D eigenvalue weighted by Crippen LogP contribution is -2.34. The summed E-state index contributed by atoms with van der Waals surface area (Å²) < 4.78 is 0. The molecule has 0 radical (unpaired) electrons. The summed E-state index contributed by atoms with van der Waals surface area (Å²) >= 11 is 0. The van der Waals surface area contributed by atoms with Crippen LogP contribution in [0.25, 0.3) is 0 Å². The van der Waals surface area contributed by atoms with E-state index < -0.39 is 0 Å². The number of nitrogens with one attached hydrogen (secondary N) is 1. The molecule has 0 spiro atoms. The Labute approximate surface area is 115 Å². The topological polar surface area (TPSA) is 12.0 Å². The van der Waals surface area contributed by atoms with Crippen LogP contribution >= 0.6 is 0 Å². The van der Waals surface area contributed by atoms with Crippen molar-refractivity contribution in [2.45, 2.75) is 72.6 Å². The van der Waals surface area contributed by atoms with Gasteiger partial charge >= 0.3 is 0 Å². The van der Waals surface area contributed by atoms with Gasteiger partial charge in [-0.25, -0.2) is 0 Å². The van der Waals surface area contributed by atoms with E-state index >= 15 is 0 Å². The van der Waals surface area contributed by atoms with Gasteiger partial charge in [0.2, 0.25) is 0 Å². The summed E-state index contributed by atoms with van der Waals surface area (Å²) in [6.07, 6.45) is 10.1. The van der Waals surface area contributed by atoms with E-state index in [1.54, 1.807) is 0 Å². The summed E-state index contributed by atoms with van der Waals surface area (Å²) in [5, 5.41) is 3.69. The molecule has 0 aromatic carbocycles. The first kappa shape index (κ1) is 16.0. The van der Waals surface area contributed by atoms with E-state index in [4.69, 9.17) is 0 Å². The number of hydrogen-bond acceptors (Lipinski definition) is 1. The van der Waals surface area contributed by atoms with Crippen LogP contribution < -0.4 is 5.32 Å². The van der Waals surface area contributed by atoms with Gasteiger partial charge in [0.25, 0.3) is 0 Å². The lowest BCUT2D eigenvalue weighted by molar-refractivity contribution is 0.158. The van der Waals surface area contributed by atoms with E-state index in [2.05, 4.69) is 33.0 Å². The van der Waals surface area contributed by atoms with Crippen molar-refractivity contribution in [1.29, 1.82) is 0 Å². The Bertz CT molecular complexity index is 200. The Morgan fingerprint density at radius 3 is 2.33 bits per heavy atom. The van der Waals surface area contributed by atoms with Crippen LogP contribution in [0.3, 0.4) is 0 Å². The highest BCUT2D eigenvalue weighted by molar-refractivity contribution is 4.81. The second kappa shape index (κ2) is 8.96. The molecule has 0 aromatic rings. The number of rotatable bonds is 8. The van der Waals surface area contributed by atoms with Gasteiger partial charge in [-0.2, -0.15) is 0 Å². The Balaban J connectivity index is 2.35. The molecule has 0 heterocycles. The molecule has 1 heteroatoms. The minimum absolute atomic E-state index is 0.783. The molecular weight excluding hydrogens is 218 g/mol. The van der Waals surface area contributed by atoms with Gasteiger partial charge in [-0.1, -0.05) is 59.8 Å². The second-order valence-electron chi connectivity index (χ2n) is 6.83. The fraction of sp³-hybridized carbons (Fsp3) is 1.00. The van der Waals surface area contributed by atoms with E-state index in [0.717, 1.165) is 23.7 Å². The Hall–Kier alpha value is -0.0400. The molecule has 3 unspecified atom stereocenters. The van der Waals surface area contributed by atoms with Crippen molar-refractivity contribution in [3.8, 4) is 0 Å². The summed E-state index contributed by atoms with van der Waals surface area (Å²) in [6.45, 7) is 11.7. The molecule has 0 saturated heterocycles. The third-order valence-electron chi connectivity index (χ3n) is 4.56. The van der Waals surface area contributed by atoms with Gasteiger partial charge in [-0.05, 0) is 49.6 Å². The van der Waals surface area contributed by atoms with Gasteiger partial charge in [0.15, 0.2) is 0 Å². The van der Waals surface area contributed by atoms with Crippen molar-refractivity contribution < 1.29 is 0 Å². The average molecular weight is 253 g/mol. The van der Waals surface area contributed by atoms with Gasteiger partial charge < -0.3 is 5.32 Å². The molecular formula is C17H35N. The van der Waals surface area contributed by atoms with Crippen LogP contribution in [0.5, 0.6) is 0 Å². The second-order valence-corrected chi connectivity index (χ2v) is 6.83. The predicted molar refractivity (Wildman–Crippen MR) is 81.8 cm³/mol. The van der Waals surface area contributed by atoms with E-state index in [1.807, 2.05) is 0 Å². The molecule has 1 aliphatic carbocycles. The van der Waals surface area contributed by atoms with Crippen LogP contribution in [-0.2, 0) is 0 Å². The van der Waals surface area contributed by atoms with E-state index in [9.17, 15) is 0 Å². The van der Waals surface area contributed by atoms with Crippen molar-refractivity contribution in [2.24, 2.45) is 23.7 Å². The molecule has 0 aromatic heterocycles. The molecule has 108 valence electrons. The van der Waals surface area contributed by atoms with Gasteiger partial charge in [-0.15, -0.1) is 0 Å². The summed E-state index contributed by atoms with van der Waals surface area (Å²) in [5.41, 5.74) is 0. The minimum Gasteiger partial charge on any atom is -0.316 e. The Kier molecular flexibility index (Phi) is 7.97. The molecule has 1 N–H and O–H groups in total. The maximum atomic E-state index is 3.69. The molecule has 1 aliphatic rings. The SMILES string of the molecule is CCCC1CCC(CNCC(C)C)C(CCC)C1. The minimum atomic E-state index is 0.783. The van der Waals surface area contributed by atoms with Crippen molar-refractivity contribution in [1.82, 2.24) is 5.32 Å². The molecule has 1 nitrogen and oxygen atoms in total. The highest BCUT2D eigenvalue weighted by Gasteiger charge is 2.28. The lowest BCUT2D eigenvalue weighted by Gasteiger charge is -2.36. The van der Waals surface area contributed by atoms with Gasteiger partial charge in [-0.3, -0.25) is 0 Å². The molecule has 0 bridgehead atoms. The van der Waals surface area contributed by atoms with Crippen LogP contribution in [0.2, 0.25) is 0 Å². The predicted octanol–water partition coefficient (Wildman–Crippen LogP) is 4.86. The van der Waals surface area contributed by atoms with Gasteiger partial charge in [0.05, 0.1) is 0 Å². The Morgan fingerprint density at radius 2 is 1.72 bits per heavy atom. The standard InChI is InChI=1S/C17H35N/c1-5-7-15-9-10-17(13-18-12-14(3)4)16(11-15)8-6-2/h14-18H,5-13H2,1-4H3. The fourth-order valence-electron chi connectivity index (χ4n) is 3.64. The molecule has 1 saturated carbocycles. The van der Waals surface area contributed by atoms with Crippen LogP contribution in [0, 0.1) is 23.7 Å². The van der Waals surface area contributed by atoms with Crippen LogP contribution in [0.1, 0.15) is 72.6 Å². The zero-order chi connectivity index (χ0) is 13.4. The normalized spacial score (nSPS) is 28.8. The van der Waals surface area contributed by atoms with E-state index in [-0.39, 0.29) is 0 Å². The lowest BCUT2D eigenvalue weighted by atomic mass is 9.71. The zero-order valence-electron chi connectivity index (χ0n) is 13.2. The highest BCUT2D eigenvalue weighted by atomic mass is 14.9. The van der Waals surface area contributed by atoms with Crippen molar-refractivity contribution in [2.75, 3.05) is 13.1 Å². The summed E-state index contributed by atoms with van der Waals surface area (Å²) in [5.74, 6) is 3.77. The summed E-state index contributed by atoms with van der Waals surface area (Å²) in [6, 6.07) is 0. The van der Waals surface area contributed by atoms with Crippen LogP contribution in [-0.4, -0.2) is 13.1 Å². The maximum absolute atomic E-state index is 3.69. The average Bonchev–Trinajstić information content (AvgIpc) is 2.32. The molecule has 1 rings (SSSR count). The largest absolute Gasteiger partial charge is 0.316 e. The molecule has 0 amide bonds. The van der Waals surface area contributed by atoms with E-state index in [1.165, 1.54) is 58.0 Å². The van der Waals surface area contributed by atoms with Crippen molar-refractivity contribution in [3.63, 3.8) is 0 Å². The van der Waals surface area contributed by atoms with Crippen molar-refractivity contribution in [3.05, 3.63) is 0 Å². The third-order valence-corrected chi connectivity index (χ3v) is 4.56. The van der Waals surface area contributed by atoms with Gasteiger partial charge in [0.1, 0.15) is 0 Å². The monoisotopic (exact) mass is 253 g/mol. The van der Waals surface area contributed by atoms with Gasteiger partial charge in [0, 0.05) is 0 Å². The number of hydrogen-bond donors (Lipinski definition) is 1. The molecule has 0 aliphatic heterocycles. The first-order valence-corrected chi connectivity index (χ1v) is 8.38. The van der Waals surface area contributed by atoms with E-state index in [0.29, 0.717) is 0 Å². The Morgan fingerprint density at radius 1 is 1.00 bits per heavy atom. The molecule has 3 atom stereocenters. The molecule has 1 fully saturated rings. The van der Waals surface area contributed by atoms with Crippen molar-refractivity contribution >= 4 is 0 Å². The fourth-order valence-corrected chi connectivity index (χ4v) is 3.64. The first-order chi connectivity index (χ1) is 8.67. The molecule has 18 heavy (non-hydrogen) atoms. The van der Waals surface area contributed by atoms with Crippen LogP contribution in [0.15, 0.2) is 0 Å². The quantitative estimate of drug-likeness (QED) is 0.651. The highest BCUT2D eigenvalue weighted by Crippen LogP contribution is 2.38. The smallest absolute Gasteiger partial charge is 0.00178 e. The zero-order valence-corrected chi connectivity index (χ0v) is 13.2. The summed E-state index contributed by atoms with van der Waals surface area (Å²) in [7, 11) is 0. The first-order valence-electron chi connectivity index (χ1n) is 8.38. The summed E-state index contributed by atoms with van der Waals surface area (Å²) in [4.78, 5) is 0. The maximum Gasteiger partial charge on any atom is -0.00178 e. The van der Waals surface area contributed by atoms with Crippen LogP contribution in [0.4, 0.5) is 0 Å². The third kappa shape index (κ3) is 5.73.